The smallest absolute Gasteiger partial charge is 0.161 e. The first-order chi connectivity index (χ1) is 8.45. The number of alkyl halides is 1. The number of Topliss-reactive ketones (excluding diaryl/α,β-unsaturated/α-hetero) is 1. The van der Waals surface area contributed by atoms with E-state index in [2.05, 4.69) is 0 Å². The zero-order valence-corrected chi connectivity index (χ0v) is 12.0. The van der Waals surface area contributed by atoms with Crippen LogP contribution in [0.25, 0.3) is 0 Å². The van der Waals surface area contributed by atoms with Gasteiger partial charge in [-0.15, -0.1) is 11.6 Å². The van der Waals surface area contributed by atoms with Crippen molar-refractivity contribution >= 4 is 17.4 Å². The minimum Gasteiger partial charge on any atom is -0.490 e. The van der Waals surface area contributed by atoms with Gasteiger partial charge >= 0.3 is 0 Å². The van der Waals surface area contributed by atoms with Gasteiger partial charge in [0.2, 0.25) is 0 Å². The molecule has 0 aliphatic heterocycles. The molecule has 3 nitrogen and oxygen atoms in total. The Bertz CT molecular complexity index is 416. The lowest BCUT2D eigenvalue weighted by molar-refractivity contribution is -0.116. The normalized spacial score (nSPS) is 12.3. The lowest BCUT2D eigenvalue weighted by Gasteiger charge is -2.16. The third kappa shape index (κ3) is 3.91. The second kappa shape index (κ2) is 6.64. The molecule has 0 bridgehead atoms. The number of carbonyl (C=O) groups excluding carboxylic acids is 1. The summed E-state index contributed by atoms with van der Waals surface area (Å²) in [5, 5.41) is -0.641. The second-order valence-corrected chi connectivity index (χ2v) is 4.72. The standard InChI is InChI=1S/C14H19ClO3/c1-5-17-13-8-11(14(15)10(4)16)6-7-12(13)18-9(2)3/h6-9,14H,5H2,1-4H3. The molecule has 4 heteroatoms. The Balaban J connectivity index is 3.05. The number of ether oxygens (including phenoxy) is 2. The van der Waals surface area contributed by atoms with Gasteiger partial charge < -0.3 is 9.47 Å². The zero-order chi connectivity index (χ0) is 13.7. The van der Waals surface area contributed by atoms with Gasteiger partial charge in [-0.3, -0.25) is 4.79 Å². The number of benzene rings is 1. The van der Waals surface area contributed by atoms with Gasteiger partial charge in [0, 0.05) is 0 Å². The summed E-state index contributed by atoms with van der Waals surface area (Å²) in [5.41, 5.74) is 0.726. The maximum absolute atomic E-state index is 11.3. The molecule has 0 fully saturated rings. The van der Waals surface area contributed by atoms with E-state index in [9.17, 15) is 4.79 Å². The molecule has 0 aliphatic carbocycles. The molecule has 0 aromatic heterocycles. The van der Waals surface area contributed by atoms with Crippen molar-refractivity contribution in [3.8, 4) is 11.5 Å². The SMILES string of the molecule is CCOc1cc(C(Cl)C(C)=O)ccc1OC(C)C. The Kier molecular flexibility index (Phi) is 5.48. The molecule has 0 heterocycles. The van der Waals surface area contributed by atoms with Crippen LogP contribution in [0, 0.1) is 0 Å². The molecule has 0 amide bonds. The second-order valence-electron chi connectivity index (χ2n) is 4.28. The molecule has 0 saturated carbocycles. The summed E-state index contributed by atoms with van der Waals surface area (Å²) >= 11 is 6.03. The molecule has 18 heavy (non-hydrogen) atoms. The first-order valence-electron chi connectivity index (χ1n) is 6.03. The predicted octanol–water partition coefficient (Wildman–Crippen LogP) is 3.74. The first kappa shape index (κ1) is 14.8. The van der Waals surface area contributed by atoms with Crippen molar-refractivity contribution < 1.29 is 14.3 Å². The van der Waals surface area contributed by atoms with Crippen molar-refractivity contribution in [2.24, 2.45) is 0 Å². The molecule has 1 unspecified atom stereocenters. The van der Waals surface area contributed by atoms with Gasteiger partial charge in [0.15, 0.2) is 17.3 Å². The molecule has 1 rings (SSSR count). The Labute approximate surface area is 113 Å². The van der Waals surface area contributed by atoms with Gasteiger partial charge in [-0.25, -0.2) is 0 Å². The summed E-state index contributed by atoms with van der Waals surface area (Å²) < 4.78 is 11.2. The minimum atomic E-state index is -0.641. The van der Waals surface area contributed by atoms with E-state index < -0.39 is 5.38 Å². The molecule has 0 aliphatic rings. The highest BCUT2D eigenvalue weighted by Gasteiger charge is 2.16. The first-order valence-corrected chi connectivity index (χ1v) is 6.47. The van der Waals surface area contributed by atoms with Crippen LogP contribution in [0.1, 0.15) is 38.6 Å². The van der Waals surface area contributed by atoms with Crippen LogP contribution in [0.3, 0.4) is 0 Å². The number of halogens is 1. The van der Waals surface area contributed by atoms with E-state index >= 15 is 0 Å². The van der Waals surface area contributed by atoms with Gasteiger partial charge in [-0.05, 0) is 45.4 Å². The quantitative estimate of drug-likeness (QED) is 0.739. The molecule has 0 radical (unpaired) electrons. The van der Waals surface area contributed by atoms with Crippen LogP contribution < -0.4 is 9.47 Å². The van der Waals surface area contributed by atoms with Gasteiger partial charge in [-0.1, -0.05) is 6.07 Å². The summed E-state index contributed by atoms with van der Waals surface area (Å²) in [6, 6.07) is 5.35. The van der Waals surface area contributed by atoms with Crippen LogP contribution in [-0.4, -0.2) is 18.5 Å². The largest absolute Gasteiger partial charge is 0.490 e. The fraction of sp³-hybridized carbons (Fsp3) is 0.500. The number of carbonyl (C=O) groups is 1. The van der Waals surface area contributed by atoms with E-state index in [4.69, 9.17) is 21.1 Å². The lowest BCUT2D eigenvalue weighted by atomic mass is 10.1. The van der Waals surface area contributed by atoms with Gasteiger partial charge in [0.1, 0.15) is 5.38 Å². The molecule has 0 N–H and O–H groups in total. The van der Waals surface area contributed by atoms with E-state index in [1.807, 2.05) is 20.8 Å². The maximum atomic E-state index is 11.3. The Hall–Kier alpha value is -1.22. The van der Waals surface area contributed by atoms with Crippen molar-refractivity contribution in [3.63, 3.8) is 0 Å². The van der Waals surface area contributed by atoms with Crippen LogP contribution in [-0.2, 0) is 4.79 Å². The molecular weight excluding hydrogens is 252 g/mol. The molecule has 100 valence electrons. The van der Waals surface area contributed by atoms with E-state index in [0.717, 1.165) is 5.56 Å². The van der Waals surface area contributed by atoms with Crippen molar-refractivity contribution in [2.45, 2.75) is 39.2 Å². The monoisotopic (exact) mass is 270 g/mol. The summed E-state index contributed by atoms with van der Waals surface area (Å²) in [6.45, 7) is 7.80. The highest BCUT2D eigenvalue weighted by Crippen LogP contribution is 2.33. The number of rotatable bonds is 6. The molecule has 0 saturated heterocycles. The number of hydrogen-bond donors (Lipinski definition) is 0. The summed E-state index contributed by atoms with van der Waals surface area (Å²) in [7, 11) is 0. The lowest BCUT2D eigenvalue weighted by Crippen LogP contribution is -2.08. The Morgan fingerprint density at radius 3 is 2.50 bits per heavy atom. The molecular formula is C14H19ClO3. The predicted molar refractivity (Wildman–Crippen MR) is 72.7 cm³/mol. The third-order valence-corrected chi connectivity index (χ3v) is 2.84. The van der Waals surface area contributed by atoms with Crippen molar-refractivity contribution in [3.05, 3.63) is 23.8 Å². The highest BCUT2D eigenvalue weighted by molar-refractivity contribution is 6.30. The average Bonchev–Trinajstić information content (AvgIpc) is 2.30. The van der Waals surface area contributed by atoms with E-state index in [1.54, 1.807) is 18.2 Å². The van der Waals surface area contributed by atoms with Gasteiger partial charge in [0.05, 0.1) is 12.7 Å². The Morgan fingerprint density at radius 1 is 1.33 bits per heavy atom. The molecule has 1 aromatic rings. The fourth-order valence-electron chi connectivity index (χ4n) is 1.54. The van der Waals surface area contributed by atoms with Crippen molar-refractivity contribution in [1.29, 1.82) is 0 Å². The van der Waals surface area contributed by atoms with Gasteiger partial charge in [-0.2, -0.15) is 0 Å². The fourth-order valence-corrected chi connectivity index (χ4v) is 1.67. The van der Waals surface area contributed by atoms with E-state index in [0.29, 0.717) is 18.1 Å². The third-order valence-electron chi connectivity index (χ3n) is 2.28. The number of ketones is 1. The highest BCUT2D eigenvalue weighted by atomic mass is 35.5. The van der Waals surface area contributed by atoms with E-state index in [1.165, 1.54) is 6.92 Å². The van der Waals surface area contributed by atoms with Crippen LogP contribution in [0.4, 0.5) is 0 Å². The maximum Gasteiger partial charge on any atom is 0.161 e. The van der Waals surface area contributed by atoms with Crippen LogP contribution >= 0.6 is 11.6 Å². The average molecular weight is 271 g/mol. The van der Waals surface area contributed by atoms with Gasteiger partial charge in [0.25, 0.3) is 0 Å². The Morgan fingerprint density at radius 2 is 2.00 bits per heavy atom. The van der Waals surface area contributed by atoms with Crippen molar-refractivity contribution in [2.75, 3.05) is 6.61 Å². The molecule has 1 atom stereocenters. The number of hydrogen-bond acceptors (Lipinski definition) is 3. The summed E-state index contributed by atoms with van der Waals surface area (Å²) in [4.78, 5) is 11.3. The van der Waals surface area contributed by atoms with Crippen LogP contribution in [0.15, 0.2) is 18.2 Å². The van der Waals surface area contributed by atoms with E-state index in [-0.39, 0.29) is 11.9 Å². The van der Waals surface area contributed by atoms with Crippen LogP contribution in [0.5, 0.6) is 11.5 Å². The molecule has 0 spiro atoms. The topological polar surface area (TPSA) is 35.5 Å². The summed E-state index contributed by atoms with van der Waals surface area (Å²) in [6.07, 6.45) is 0.0645. The van der Waals surface area contributed by atoms with Crippen molar-refractivity contribution in [1.82, 2.24) is 0 Å². The van der Waals surface area contributed by atoms with Crippen LogP contribution in [0.2, 0.25) is 0 Å². The summed E-state index contributed by atoms with van der Waals surface area (Å²) in [5.74, 6) is 1.20. The zero-order valence-electron chi connectivity index (χ0n) is 11.2. The molecule has 1 aromatic carbocycles. The minimum absolute atomic E-state index is 0.0645.